The Balaban J connectivity index is 1.35. The van der Waals surface area contributed by atoms with Crippen LogP contribution in [0, 0.1) is 5.92 Å². The molecule has 1 aliphatic heterocycles. The molecule has 3 aromatic rings. The standard InChI is InChI=1S/C26H30N2O3/c1-30-24-11-10-17(14-25(24)31-21-6-2-3-7-21)19-12-18(26(29)28-15-19)13-20-16-27-23-9-5-4-8-22(20)23/h4-5,8-11,14,16,18-19,21,27H,2-3,6-7,12-13,15H2,1H3,(H,28,29)/t18-,19+/m0/s1. The minimum atomic E-state index is -0.0424. The summed E-state index contributed by atoms with van der Waals surface area (Å²) in [7, 11) is 1.69. The van der Waals surface area contributed by atoms with Crippen molar-refractivity contribution in [1.29, 1.82) is 0 Å². The summed E-state index contributed by atoms with van der Waals surface area (Å²) in [6.07, 6.45) is 8.59. The molecule has 1 aromatic heterocycles. The summed E-state index contributed by atoms with van der Waals surface area (Å²) in [6.45, 7) is 0.665. The number of hydrogen-bond donors (Lipinski definition) is 2. The lowest BCUT2D eigenvalue weighted by Gasteiger charge is -2.30. The van der Waals surface area contributed by atoms with Gasteiger partial charge in [-0.3, -0.25) is 4.79 Å². The van der Waals surface area contributed by atoms with Crippen molar-refractivity contribution >= 4 is 16.8 Å². The van der Waals surface area contributed by atoms with Gasteiger partial charge in [0.25, 0.3) is 0 Å². The van der Waals surface area contributed by atoms with Crippen molar-refractivity contribution < 1.29 is 14.3 Å². The van der Waals surface area contributed by atoms with Gasteiger partial charge in [0, 0.05) is 35.5 Å². The van der Waals surface area contributed by atoms with Gasteiger partial charge in [-0.15, -0.1) is 0 Å². The summed E-state index contributed by atoms with van der Waals surface area (Å²) in [5, 5.41) is 4.34. The van der Waals surface area contributed by atoms with Gasteiger partial charge in [0.05, 0.1) is 13.2 Å². The fourth-order valence-electron chi connectivity index (χ4n) is 5.12. The Labute approximate surface area is 183 Å². The van der Waals surface area contributed by atoms with Crippen LogP contribution in [0.4, 0.5) is 0 Å². The zero-order valence-corrected chi connectivity index (χ0v) is 18.0. The quantitative estimate of drug-likeness (QED) is 0.595. The second kappa shape index (κ2) is 8.66. The minimum absolute atomic E-state index is 0.0424. The van der Waals surface area contributed by atoms with E-state index in [-0.39, 0.29) is 23.8 Å². The molecule has 31 heavy (non-hydrogen) atoms. The maximum atomic E-state index is 12.7. The van der Waals surface area contributed by atoms with Gasteiger partial charge in [-0.1, -0.05) is 24.3 Å². The van der Waals surface area contributed by atoms with Gasteiger partial charge in [-0.05, 0) is 67.9 Å². The van der Waals surface area contributed by atoms with Gasteiger partial charge in [0.15, 0.2) is 11.5 Å². The van der Waals surface area contributed by atoms with E-state index in [1.807, 2.05) is 24.4 Å². The molecular formula is C26H30N2O3. The maximum Gasteiger partial charge on any atom is 0.223 e. The van der Waals surface area contributed by atoms with Crippen molar-refractivity contribution in [1.82, 2.24) is 10.3 Å². The van der Waals surface area contributed by atoms with Crippen LogP contribution in [0.2, 0.25) is 0 Å². The molecule has 1 aliphatic carbocycles. The molecule has 5 heteroatoms. The van der Waals surface area contributed by atoms with Crippen LogP contribution < -0.4 is 14.8 Å². The maximum absolute atomic E-state index is 12.7. The molecule has 0 radical (unpaired) electrons. The highest BCUT2D eigenvalue weighted by atomic mass is 16.5. The predicted octanol–water partition coefficient (Wildman–Crippen LogP) is 4.96. The van der Waals surface area contributed by atoms with Gasteiger partial charge >= 0.3 is 0 Å². The number of carbonyl (C=O) groups is 1. The molecule has 2 fully saturated rings. The fraction of sp³-hybridized carbons (Fsp3) is 0.423. The smallest absolute Gasteiger partial charge is 0.223 e. The van der Waals surface area contributed by atoms with Crippen molar-refractivity contribution in [2.45, 2.75) is 50.5 Å². The molecule has 0 unspecified atom stereocenters. The van der Waals surface area contributed by atoms with Crippen LogP contribution >= 0.6 is 0 Å². The van der Waals surface area contributed by atoms with E-state index in [0.29, 0.717) is 6.54 Å². The van der Waals surface area contributed by atoms with Crippen LogP contribution in [0.3, 0.4) is 0 Å². The number of hydrogen-bond acceptors (Lipinski definition) is 3. The van der Waals surface area contributed by atoms with Gasteiger partial charge in [-0.25, -0.2) is 0 Å². The molecule has 2 heterocycles. The average molecular weight is 419 g/mol. The van der Waals surface area contributed by atoms with Gasteiger partial charge in [0.1, 0.15) is 0 Å². The molecule has 0 spiro atoms. The van der Waals surface area contributed by atoms with E-state index in [1.54, 1.807) is 7.11 Å². The van der Waals surface area contributed by atoms with Crippen molar-refractivity contribution in [3.8, 4) is 11.5 Å². The number of para-hydroxylation sites is 1. The Morgan fingerprint density at radius 3 is 2.74 bits per heavy atom. The number of aromatic amines is 1. The van der Waals surface area contributed by atoms with E-state index in [1.165, 1.54) is 29.4 Å². The number of carbonyl (C=O) groups excluding carboxylic acids is 1. The van der Waals surface area contributed by atoms with Crippen molar-refractivity contribution in [3.05, 3.63) is 59.8 Å². The first-order valence-electron chi connectivity index (χ1n) is 11.4. The number of ether oxygens (including phenoxy) is 2. The number of fused-ring (bicyclic) bond motifs is 1. The van der Waals surface area contributed by atoms with E-state index in [2.05, 4.69) is 34.6 Å². The van der Waals surface area contributed by atoms with Crippen LogP contribution in [0.1, 0.15) is 49.1 Å². The van der Waals surface area contributed by atoms with E-state index in [0.717, 1.165) is 42.7 Å². The Morgan fingerprint density at radius 1 is 1.06 bits per heavy atom. The Bertz CT molecular complexity index is 1070. The van der Waals surface area contributed by atoms with Gasteiger partial charge in [0.2, 0.25) is 5.91 Å². The Morgan fingerprint density at radius 2 is 1.90 bits per heavy atom. The molecule has 2 aromatic carbocycles. The number of nitrogens with one attached hydrogen (secondary N) is 2. The van der Waals surface area contributed by atoms with Crippen LogP contribution in [-0.4, -0.2) is 30.6 Å². The molecule has 5 nitrogen and oxygen atoms in total. The number of benzene rings is 2. The van der Waals surface area contributed by atoms with Crippen molar-refractivity contribution in [2.24, 2.45) is 5.92 Å². The molecule has 1 saturated heterocycles. The second-order valence-electron chi connectivity index (χ2n) is 8.87. The fourth-order valence-corrected chi connectivity index (χ4v) is 5.12. The first-order valence-corrected chi connectivity index (χ1v) is 11.4. The number of piperidine rings is 1. The molecule has 0 bridgehead atoms. The van der Waals surface area contributed by atoms with E-state index < -0.39 is 0 Å². The third-order valence-corrected chi connectivity index (χ3v) is 6.86. The highest BCUT2D eigenvalue weighted by molar-refractivity contribution is 5.85. The van der Waals surface area contributed by atoms with Gasteiger partial charge < -0.3 is 19.8 Å². The molecule has 2 aliphatic rings. The van der Waals surface area contributed by atoms with Crippen molar-refractivity contribution in [2.75, 3.05) is 13.7 Å². The molecule has 2 atom stereocenters. The number of methoxy groups -OCH3 is 1. The lowest BCUT2D eigenvalue weighted by atomic mass is 9.82. The summed E-state index contributed by atoms with van der Waals surface area (Å²) in [5.41, 5.74) is 3.53. The molecule has 5 rings (SSSR count). The molecule has 2 N–H and O–H groups in total. The van der Waals surface area contributed by atoms with Crippen molar-refractivity contribution in [3.63, 3.8) is 0 Å². The summed E-state index contributed by atoms with van der Waals surface area (Å²) < 4.78 is 11.8. The SMILES string of the molecule is COc1ccc([C@H]2CNC(=O)[C@H](Cc3c[nH]c4ccccc34)C2)cc1OC1CCCC1. The third kappa shape index (κ3) is 4.14. The monoisotopic (exact) mass is 418 g/mol. The predicted molar refractivity (Wildman–Crippen MR) is 122 cm³/mol. The van der Waals surface area contributed by atoms with Gasteiger partial charge in [-0.2, -0.15) is 0 Å². The first-order chi connectivity index (χ1) is 15.2. The molecule has 1 saturated carbocycles. The number of aromatic nitrogens is 1. The van der Waals surface area contributed by atoms with Crippen LogP contribution in [0.25, 0.3) is 10.9 Å². The van der Waals surface area contributed by atoms with E-state index in [4.69, 9.17) is 9.47 Å². The average Bonchev–Trinajstić information content (AvgIpc) is 3.45. The minimum Gasteiger partial charge on any atom is -0.493 e. The number of rotatable bonds is 6. The van der Waals surface area contributed by atoms with E-state index >= 15 is 0 Å². The molecule has 1 amide bonds. The Kier molecular flexibility index (Phi) is 5.58. The van der Waals surface area contributed by atoms with Crippen LogP contribution in [0.5, 0.6) is 11.5 Å². The highest BCUT2D eigenvalue weighted by Crippen LogP contribution is 2.37. The normalized spacial score (nSPS) is 21.9. The van der Waals surface area contributed by atoms with Crippen LogP contribution in [-0.2, 0) is 11.2 Å². The topological polar surface area (TPSA) is 63.3 Å². The van der Waals surface area contributed by atoms with Crippen LogP contribution in [0.15, 0.2) is 48.7 Å². The van der Waals surface area contributed by atoms with E-state index in [9.17, 15) is 4.79 Å². The third-order valence-electron chi connectivity index (χ3n) is 6.86. The molecular weight excluding hydrogens is 388 g/mol. The summed E-state index contributed by atoms with van der Waals surface area (Å²) >= 11 is 0. The summed E-state index contributed by atoms with van der Waals surface area (Å²) in [6, 6.07) is 14.5. The highest BCUT2D eigenvalue weighted by Gasteiger charge is 2.31. The molecule has 162 valence electrons. The second-order valence-corrected chi connectivity index (χ2v) is 8.87. The lowest BCUT2D eigenvalue weighted by Crippen LogP contribution is -2.41. The Hall–Kier alpha value is -2.95. The zero-order chi connectivity index (χ0) is 21.2. The number of amides is 1. The summed E-state index contributed by atoms with van der Waals surface area (Å²) in [4.78, 5) is 16.0. The lowest BCUT2D eigenvalue weighted by molar-refractivity contribution is -0.126. The largest absolute Gasteiger partial charge is 0.493 e. The number of H-pyrrole nitrogens is 1. The zero-order valence-electron chi connectivity index (χ0n) is 18.0. The summed E-state index contributed by atoms with van der Waals surface area (Å²) in [5.74, 6) is 1.99. The first kappa shape index (κ1) is 20.0.